The minimum Gasteiger partial charge on any atom is -0.399 e. The van der Waals surface area contributed by atoms with Crippen LogP contribution < -0.4 is 11.1 Å². The van der Waals surface area contributed by atoms with Crippen molar-refractivity contribution in [2.24, 2.45) is 5.92 Å². The molecule has 0 aliphatic carbocycles. The molecule has 1 fully saturated rings. The molecule has 24 heavy (non-hydrogen) atoms. The maximum absolute atomic E-state index is 11.8. The lowest BCUT2D eigenvalue weighted by atomic mass is 9.99. The largest absolute Gasteiger partial charge is 0.399 e. The summed E-state index contributed by atoms with van der Waals surface area (Å²) < 4.78 is 0. The van der Waals surface area contributed by atoms with E-state index in [1.807, 2.05) is 24.3 Å². The van der Waals surface area contributed by atoms with Crippen molar-refractivity contribution in [3.63, 3.8) is 0 Å². The van der Waals surface area contributed by atoms with E-state index in [0.29, 0.717) is 6.42 Å². The number of piperidine rings is 1. The van der Waals surface area contributed by atoms with Crippen LogP contribution in [0.15, 0.2) is 24.3 Å². The number of likely N-dealkylation sites (tertiary alicyclic amines) is 1. The molecule has 1 amide bonds. The molecule has 1 aromatic rings. The van der Waals surface area contributed by atoms with Crippen LogP contribution in [0.1, 0.15) is 38.2 Å². The van der Waals surface area contributed by atoms with E-state index in [1.165, 1.54) is 32.5 Å². The Balaban J connectivity index is 0.00000264. The zero-order chi connectivity index (χ0) is 15.8. The molecular weight excluding hydrogens is 345 g/mol. The number of hydrogen-bond acceptors (Lipinski definition) is 3. The Labute approximate surface area is 158 Å². The normalized spacial score (nSPS) is 15.2. The SMILES string of the molecule is CC1CCN(CCCCNC(=O)Cc2ccc(N)cc2)CC1.Cl.Cl. The first-order chi connectivity index (χ1) is 10.6. The number of halogens is 2. The zero-order valence-corrected chi connectivity index (χ0v) is 16.1. The summed E-state index contributed by atoms with van der Waals surface area (Å²) in [5.74, 6) is 0.987. The van der Waals surface area contributed by atoms with Gasteiger partial charge >= 0.3 is 0 Å². The van der Waals surface area contributed by atoms with E-state index >= 15 is 0 Å². The lowest BCUT2D eigenvalue weighted by Gasteiger charge is -2.30. The van der Waals surface area contributed by atoms with Gasteiger partial charge < -0.3 is 16.0 Å². The Hall–Kier alpha value is -0.970. The second-order valence-electron chi connectivity index (χ2n) is 6.50. The predicted molar refractivity (Wildman–Crippen MR) is 106 cm³/mol. The van der Waals surface area contributed by atoms with Gasteiger partial charge in [0.2, 0.25) is 5.91 Å². The average molecular weight is 376 g/mol. The fourth-order valence-electron chi connectivity index (χ4n) is 2.86. The number of nitrogens with one attached hydrogen (secondary N) is 1. The molecule has 2 rings (SSSR count). The molecule has 0 spiro atoms. The third-order valence-corrected chi connectivity index (χ3v) is 4.44. The minimum atomic E-state index is 0. The third kappa shape index (κ3) is 8.76. The standard InChI is InChI=1S/C18H29N3O.2ClH/c1-15-8-12-21(13-9-15)11-3-2-10-20-18(22)14-16-4-6-17(19)7-5-16;;/h4-7,15H,2-3,8-14,19H2,1H3,(H,20,22);2*1H. The Morgan fingerprint density at radius 2 is 1.79 bits per heavy atom. The molecule has 3 N–H and O–H groups in total. The summed E-state index contributed by atoms with van der Waals surface area (Å²) in [6.07, 6.45) is 5.32. The second kappa shape index (κ2) is 12.4. The molecule has 4 nitrogen and oxygen atoms in total. The maximum atomic E-state index is 11.8. The summed E-state index contributed by atoms with van der Waals surface area (Å²) in [6.45, 7) is 6.77. The highest BCUT2D eigenvalue weighted by molar-refractivity contribution is 5.85. The van der Waals surface area contributed by atoms with Gasteiger partial charge in [0.25, 0.3) is 0 Å². The van der Waals surface area contributed by atoms with E-state index in [2.05, 4.69) is 17.1 Å². The summed E-state index contributed by atoms with van der Waals surface area (Å²) in [4.78, 5) is 14.4. The number of unbranched alkanes of at least 4 members (excludes halogenated alkanes) is 1. The summed E-state index contributed by atoms with van der Waals surface area (Å²) >= 11 is 0. The van der Waals surface area contributed by atoms with Crippen molar-refractivity contribution in [1.82, 2.24) is 10.2 Å². The summed E-state index contributed by atoms with van der Waals surface area (Å²) in [7, 11) is 0. The molecular formula is C18H31Cl2N3O. The Morgan fingerprint density at radius 3 is 2.42 bits per heavy atom. The van der Waals surface area contributed by atoms with Crippen molar-refractivity contribution < 1.29 is 4.79 Å². The molecule has 0 bridgehead atoms. The molecule has 0 unspecified atom stereocenters. The van der Waals surface area contributed by atoms with Gasteiger partial charge in [-0.1, -0.05) is 19.1 Å². The quantitative estimate of drug-likeness (QED) is 0.567. The molecule has 0 radical (unpaired) electrons. The molecule has 1 saturated heterocycles. The van der Waals surface area contributed by atoms with Crippen LogP contribution in [-0.4, -0.2) is 37.0 Å². The first-order valence-electron chi connectivity index (χ1n) is 8.47. The van der Waals surface area contributed by atoms with Crippen LogP contribution in [0, 0.1) is 5.92 Å². The first kappa shape index (κ1) is 23.0. The number of anilines is 1. The van der Waals surface area contributed by atoms with Crippen molar-refractivity contribution in [1.29, 1.82) is 0 Å². The Kier molecular flexibility index (Phi) is 11.9. The van der Waals surface area contributed by atoms with E-state index in [9.17, 15) is 4.79 Å². The molecule has 1 heterocycles. The fraction of sp³-hybridized carbons (Fsp3) is 0.611. The van der Waals surface area contributed by atoms with Crippen LogP contribution in [0.4, 0.5) is 5.69 Å². The Morgan fingerprint density at radius 1 is 1.17 bits per heavy atom. The highest BCUT2D eigenvalue weighted by Crippen LogP contribution is 2.16. The van der Waals surface area contributed by atoms with Gasteiger partial charge in [-0.3, -0.25) is 4.79 Å². The summed E-state index contributed by atoms with van der Waals surface area (Å²) in [6, 6.07) is 7.49. The average Bonchev–Trinajstić information content (AvgIpc) is 2.51. The van der Waals surface area contributed by atoms with Crippen LogP contribution in [0.2, 0.25) is 0 Å². The topological polar surface area (TPSA) is 58.4 Å². The number of carbonyl (C=O) groups is 1. The molecule has 138 valence electrons. The van der Waals surface area contributed by atoms with Gasteiger partial charge in [0.1, 0.15) is 0 Å². The lowest BCUT2D eigenvalue weighted by Crippen LogP contribution is -2.34. The zero-order valence-electron chi connectivity index (χ0n) is 14.5. The van der Waals surface area contributed by atoms with E-state index in [0.717, 1.165) is 36.6 Å². The number of benzene rings is 1. The number of amides is 1. The van der Waals surface area contributed by atoms with Crippen LogP contribution in [0.25, 0.3) is 0 Å². The van der Waals surface area contributed by atoms with Gasteiger partial charge in [0, 0.05) is 12.2 Å². The lowest BCUT2D eigenvalue weighted by molar-refractivity contribution is -0.120. The highest BCUT2D eigenvalue weighted by atomic mass is 35.5. The first-order valence-corrected chi connectivity index (χ1v) is 8.47. The number of nitrogens with two attached hydrogens (primary N) is 1. The third-order valence-electron chi connectivity index (χ3n) is 4.44. The molecule has 0 saturated carbocycles. The molecule has 6 heteroatoms. The smallest absolute Gasteiger partial charge is 0.224 e. The maximum Gasteiger partial charge on any atom is 0.224 e. The number of nitrogens with zero attached hydrogens (tertiary/aromatic N) is 1. The van der Waals surface area contributed by atoms with Gasteiger partial charge in [0.15, 0.2) is 0 Å². The van der Waals surface area contributed by atoms with E-state index in [1.54, 1.807) is 0 Å². The second-order valence-corrected chi connectivity index (χ2v) is 6.50. The van der Waals surface area contributed by atoms with Gasteiger partial charge in [-0.15, -0.1) is 24.8 Å². The van der Waals surface area contributed by atoms with E-state index in [-0.39, 0.29) is 30.7 Å². The summed E-state index contributed by atoms with van der Waals surface area (Å²) in [5.41, 5.74) is 7.38. The molecule has 1 aliphatic heterocycles. The van der Waals surface area contributed by atoms with Crippen molar-refractivity contribution in [2.75, 3.05) is 31.9 Å². The van der Waals surface area contributed by atoms with Crippen molar-refractivity contribution in [2.45, 2.75) is 39.0 Å². The van der Waals surface area contributed by atoms with Gasteiger partial charge in [0.05, 0.1) is 6.42 Å². The predicted octanol–water partition coefficient (Wildman–Crippen LogP) is 3.28. The monoisotopic (exact) mass is 375 g/mol. The number of nitrogen functional groups attached to an aromatic ring is 1. The van der Waals surface area contributed by atoms with Crippen molar-refractivity contribution in [3.05, 3.63) is 29.8 Å². The number of rotatable bonds is 7. The van der Waals surface area contributed by atoms with Crippen molar-refractivity contribution >= 4 is 36.4 Å². The van der Waals surface area contributed by atoms with Crippen LogP contribution in [0.5, 0.6) is 0 Å². The molecule has 1 aliphatic rings. The van der Waals surface area contributed by atoms with Gasteiger partial charge in [-0.25, -0.2) is 0 Å². The highest BCUT2D eigenvalue weighted by Gasteiger charge is 2.14. The Bertz CT molecular complexity index is 460. The van der Waals surface area contributed by atoms with E-state index in [4.69, 9.17) is 5.73 Å². The minimum absolute atomic E-state index is 0. The summed E-state index contributed by atoms with van der Waals surface area (Å²) in [5, 5.41) is 3.00. The molecule has 0 atom stereocenters. The molecule has 1 aromatic carbocycles. The van der Waals surface area contributed by atoms with Crippen LogP contribution in [0.3, 0.4) is 0 Å². The van der Waals surface area contributed by atoms with Crippen molar-refractivity contribution in [3.8, 4) is 0 Å². The molecule has 0 aromatic heterocycles. The van der Waals surface area contributed by atoms with Crippen LogP contribution >= 0.6 is 24.8 Å². The number of hydrogen-bond donors (Lipinski definition) is 2. The number of carbonyl (C=O) groups excluding carboxylic acids is 1. The van der Waals surface area contributed by atoms with Gasteiger partial charge in [-0.2, -0.15) is 0 Å². The van der Waals surface area contributed by atoms with E-state index < -0.39 is 0 Å². The van der Waals surface area contributed by atoms with Crippen LogP contribution in [-0.2, 0) is 11.2 Å². The van der Waals surface area contributed by atoms with Gasteiger partial charge in [-0.05, 0) is 68.9 Å². The fourth-order valence-corrected chi connectivity index (χ4v) is 2.86.